The number of carbonyl (C=O) groups is 2. The summed E-state index contributed by atoms with van der Waals surface area (Å²) in [6, 6.07) is 12.7. The first-order valence-electron chi connectivity index (χ1n) is 13.2. The van der Waals surface area contributed by atoms with Gasteiger partial charge in [0.25, 0.3) is 5.91 Å². The van der Waals surface area contributed by atoms with Crippen molar-refractivity contribution in [3.63, 3.8) is 0 Å². The molecule has 3 heterocycles. The number of methoxy groups -OCH3 is 3. The number of ether oxygens (including phenoxy) is 3. The van der Waals surface area contributed by atoms with Gasteiger partial charge in [-0.25, -0.2) is 0 Å². The quantitative estimate of drug-likeness (QED) is 0.429. The molecule has 5 rings (SSSR count). The third kappa shape index (κ3) is 5.69. The predicted molar refractivity (Wildman–Crippen MR) is 143 cm³/mol. The third-order valence-electron chi connectivity index (χ3n) is 7.91. The van der Waals surface area contributed by atoms with Gasteiger partial charge in [0.05, 0.1) is 26.9 Å². The van der Waals surface area contributed by atoms with Gasteiger partial charge in [0.1, 0.15) is 17.2 Å². The van der Waals surface area contributed by atoms with Crippen LogP contribution in [0.1, 0.15) is 41.9 Å². The maximum absolute atomic E-state index is 13.3. The maximum Gasteiger partial charge on any atom is 0.257 e. The summed E-state index contributed by atoms with van der Waals surface area (Å²) in [5.74, 6) is 2.89. The first-order valence-corrected chi connectivity index (χ1v) is 13.2. The van der Waals surface area contributed by atoms with Gasteiger partial charge in [-0.1, -0.05) is 5.16 Å². The molecule has 2 aromatic carbocycles. The monoisotopic (exact) mass is 534 g/mol. The molecule has 0 aliphatic carbocycles. The molecule has 206 valence electrons. The summed E-state index contributed by atoms with van der Waals surface area (Å²) < 4.78 is 21.3. The summed E-state index contributed by atoms with van der Waals surface area (Å²) in [5.41, 5.74) is 1.39. The number of rotatable bonds is 8. The van der Waals surface area contributed by atoms with E-state index in [-0.39, 0.29) is 17.2 Å². The number of amides is 2. The molecule has 3 aromatic rings. The van der Waals surface area contributed by atoms with Crippen LogP contribution < -0.4 is 14.2 Å². The molecule has 2 aliphatic heterocycles. The number of aromatic nitrogens is 2. The van der Waals surface area contributed by atoms with Crippen LogP contribution in [0.3, 0.4) is 0 Å². The van der Waals surface area contributed by atoms with E-state index >= 15 is 0 Å². The number of hydrogen-bond donors (Lipinski definition) is 0. The van der Waals surface area contributed by atoms with E-state index in [1.165, 1.54) is 0 Å². The van der Waals surface area contributed by atoms with Gasteiger partial charge in [-0.2, -0.15) is 4.98 Å². The zero-order valence-corrected chi connectivity index (χ0v) is 22.6. The Morgan fingerprint density at radius 2 is 1.56 bits per heavy atom. The zero-order valence-electron chi connectivity index (χ0n) is 22.6. The Balaban J connectivity index is 1.12. The van der Waals surface area contributed by atoms with E-state index in [4.69, 9.17) is 18.7 Å². The number of hydrogen-bond acceptors (Lipinski definition) is 8. The van der Waals surface area contributed by atoms with Crippen molar-refractivity contribution in [1.29, 1.82) is 0 Å². The first kappa shape index (κ1) is 26.5. The Morgan fingerprint density at radius 1 is 0.897 bits per heavy atom. The Hall–Kier alpha value is -4.08. The molecule has 1 aromatic heterocycles. The molecule has 2 fully saturated rings. The van der Waals surface area contributed by atoms with E-state index in [0.717, 1.165) is 43.7 Å². The molecule has 2 saturated heterocycles. The van der Waals surface area contributed by atoms with E-state index in [0.29, 0.717) is 54.7 Å². The van der Waals surface area contributed by atoms with Gasteiger partial charge in [0.15, 0.2) is 0 Å². The smallest absolute Gasteiger partial charge is 0.257 e. The Morgan fingerprint density at radius 3 is 2.23 bits per heavy atom. The minimum atomic E-state index is -0.0555. The van der Waals surface area contributed by atoms with E-state index in [1.807, 2.05) is 34.1 Å². The third-order valence-corrected chi connectivity index (χ3v) is 7.91. The van der Waals surface area contributed by atoms with Crippen molar-refractivity contribution in [2.75, 3.05) is 47.5 Å². The SMILES string of the molecule is COc1ccc(-c2noc(CCC(=O)N3CCC4(CCN(C(=O)c5cc(OC)ccc5OC)CC4)C3)n2)cc1. The number of carbonyl (C=O) groups excluding carboxylic acids is 2. The summed E-state index contributed by atoms with van der Waals surface area (Å²) in [4.78, 5) is 34.6. The van der Waals surface area contributed by atoms with Gasteiger partial charge >= 0.3 is 0 Å². The summed E-state index contributed by atoms with van der Waals surface area (Å²) in [6.45, 7) is 2.75. The highest BCUT2D eigenvalue weighted by molar-refractivity contribution is 5.97. The second-order valence-electron chi connectivity index (χ2n) is 10.2. The average Bonchev–Trinajstić information content (AvgIpc) is 3.63. The topological polar surface area (TPSA) is 107 Å². The fraction of sp³-hybridized carbons (Fsp3) is 0.448. The van der Waals surface area contributed by atoms with Gasteiger partial charge in [-0.15, -0.1) is 0 Å². The molecule has 10 nitrogen and oxygen atoms in total. The molecule has 10 heteroatoms. The van der Waals surface area contributed by atoms with E-state index < -0.39 is 0 Å². The van der Waals surface area contributed by atoms with Crippen LogP contribution in [0.2, 0.25) is 0 Å². The molecule has 0 radical (unpaired) electrons. The number of likely N-dealkylation sites (tertiary alicyclic amines) is 2. The van der Waals surface area contributed by atoms with Crippen molar-refractivity contribution in [3.8, 4) is 28.6 Å². The number of aryl methyl sites for hydroxylation is 1. The summed E-state index contributed by atoms with van der Waals surface area (Å²) >= 11 is 0. The zero-order chi connectivity index (χ0) is 27.4. The van der Waals surface area contributed by atoms with Gasteiger partial charge in [-0.3, -0.25) is 9.59 Å². The number of piperidine rings is 1. The van der Waals surface area contributed by atoms with Crippen LogP contribution >= 0.6 is 0 Å². The van der Waals surface area contributed by atoms with Crippen LogP contribution in [0.5, 0.6) is 17.2 Å². The lowest BCUT2D eigenvalue weighted by Crippen LogP contribution is -2.44. The van der Waals surface area contributed by atoms with Crippen LogP contribution in [-0.2, 0) is 11.2 Å². The van der Waals surface area contributed by atoms with E-state index in [9.17, 15) is 9.59 Å². The molecular formula is C29H34N4O6. The van der Waals surface area contributed by atoms with Crippen molar-refractivity contribution < 1.29 is 28.3 Å². The van der Waals surface area contributed by atoms with Gasteiger partial charge in [0, 0.05) is 44.6 Å². The maximum atomic E-state index is 13.3. The van der Waals surface area contributed by atoms with Crippen LogP contribution in [0.4, 0.5) is 0 Å². The van der Waals surface area contributed by atoms with Crippen LogP contribution in [0, 0.1) is 5.41 Å². The van der Waals surface area contributed by atoms with Crippen molar-refractivity contribution in [3.05, 3.63) is 53.9 Å². The second kappa shape index (κ2) is 11.3. The van der Waals surface area contributed by atoms with Gasteiger partial charge in [0.2, 0.25) is 17.6 Å². The molecule has 39 heavy (non-hydrogen) atoms. The first-order chi connectivity index (χ1) is 18.9. The second-order valence-corrected chi connectivity index (χ2v) is 10.2. The molecule has 2 aliphatic rings. The van der Waals surface area contributed by atoms with Crippen LogP contribution in [0.25, 0.3) is 11.4 Å². The Labute approximate surface area is 227 Å². The highest BCUT2D eigenvalue weighted by atomic mass is 16.5. The summed E-state index contributed by atoms with van der Waals surface area (Å²) in [6.07, 6.45) is 3.40. The fourth-order valence-electron chi connectivity index (χ4n) is 5.48. The Kier molecular flexibility index (Phi) is 7.72. The molecule has 0 atom stereocenters. The van der Waals surface area contributed by atoms with Gasteiger partial charge < -0.3 is 28.5 Å². The molecular weight excluding hydrogens is 500 g/mol. The highest BCUT2D eigenvalue weighted by Crippen LogP contribution is 2.41. The van der Waals surface area contributed by atoms with Crippen molar-refractivity contribution >= 4 is 11.8 Å². The predicted octanol–water partition coefficient (Wildman–Crippen LogP) is 3.85. The number of benzene rings is 2. The largest absolute Gasteiger partial charge is 0.497 e. The van der Waals surface area contributed by atoms with Crippen molar-refractivity contribution in [1.82, 2.24) is 19.9 Å². The van der Waals surface area contributed by atoms with Crippen molar-refractivity contribution in [2.45, 2.75) is 32.1 Å². The van der Waals surface area contributed by atoms with Crippen LogP contribution in [-0.4, -0.2) is 79.3 Å². The number of nitrogens with zero attached hydrogens (tertiary/aromatic N) is 4. The highest BCUT2D eigenvalue weighted by Gasteiger charge is 2.43. The van der Waals surface area contributed by atoms with Crippen LogP contribution in [0.15, 0.2) is 47.0 Å². The fourth-order valence-corrected chi connectivity index (χ4v) is 5.48. The van der Waals surface area contributed by atoms with Crippen molar-refractivity contribution in [2.24, 2.45) is 5.41 Å². The van der Waals surface area contributed by atoms with E-state index in [2.05, 4.69) is 10.1 Å². The molecule has 0 bridgehead atoms. The lowest BCUT2D eigenvalue weighted by atomic mass is 9.77. The molecule has 1 spiro atoms. The molecule has 0 saturated carbocycles. The van der Waals surface area contributed by atoms with Gasteiger partial charge in [-0.05, 0) is 67.1 Å². The Bertz CT molecular complexity index is 1310. The molecule has 0 N–H and O–H groups in total. The summed E-state index contributed by atoms with van der Waals surface area (Å²) in [5, 5.41) is 4.05. The molecule has 0 unspecified atom stereocenters. The normalized spacial score (nSPS) is 16.4. The molecule has 2 amide bonds. The minimum absolute atomic E-state index is 0.0525. The lowest BCUT2D eigenvalue weighted by molar-refractivity contribution is -0.130. The minimum Gasteiger partial charge on any atom is -0.497 e. The summed E-state index contributed by atoms with van der Waals surface area (Å²) in [7, 11) is 4.76. The van der Waals surface area contributed by atoms with E-state index in [1.54, 1.807) is 39.5 Å². The lowest BCUT2D eigenvalue weighted by Gasteiger charge is -2.39. The average molecular weight is 535 g/mol. The standard InChI is InChI=1S/C29H34N4O6/c1-36-21-6-4-20(5-7-21)27-30-25(39-31-27)10-11-26(34)33-17-14-29(19-33)12-15-32(16-13-29)28(35)23-18-22(37-2)8-9-24(23)38-3/h4-9,18H,10-17,19H2,1-3H3.